The number of sulfonamides is 1. The molecule has 2 amide bonds. The molecule has 44 heavy (non-hydrogen) atoms. The number of nitrogens with one attached hydrogen (secondary N) is 1. The molecule has 4 aromatic carbocycles. The second kappa shape index (κ2) is 13.9. The van der Waals surface area contributed by atoms with Gasteiger partial charge >= 0.3 is 0 Å². The third kappa shape index (κ3) is 8.35. The first-order chi connectivity index (χ1) is 20.8. The van der Waals surface area contributed by atoms with Gasteiger partial charge in [-0.15, -0.1) is 0 Å². The number of amides is 2. The van der Waals surface area contributed by atoms with Crippen LogP contribution in [0.1, 0.15) is 43.0 Å². The summed E-state index contributed by atoms with van der Waals surface area (Å²) in [4.78, 5) is 30.1. The Labute approximate surface area is 261 Å². The van der Waals surface area contributed by atoms with Crippen molar-refractivity contribution in [2.24, 2.45) is 0 Å². The molecule has 0 aliphatic carbocycles. The summed E-state index contributed by atoms with van der Waals surface area (Å²) in [6, 6.07) is 31.5. The van der Waals surface area contributed by atoms with E-state index in [0.29, 0.717) is 5.69 Å². The van der Waals surface area contributed by atoms with E-state index < -0.39 is 34.1 Å². The molecule has 0 aliphatic heterocycles. The van der Waals surface area contributed by atoms with Crippen LogP contribution in [0.3, 0.4) is 0 Å². The number of benzene rings is 4. The quantitative estimate of drug-likeness (QED) is 0.224. The van der Waals surface area contributed by atoms with Crippen LogP contribution in [-0.2, 0) is 32.6 Å². The van der Waals surface area contributed by atoms with E-state index in [1.807, 2.05) is 95.3 Å². The Morgan fingerprint density at radius 1 is 0.795 bits per heavy atom. The van der Waals surface area contributed by atoms with Gasteiger partial charge in [-0.05, 0) is 81.1 Å². The van der Waals surface area contributed by atoms with Crippen LogP contribution in [0.5, 0.6) is 0 Å². The van der Waals surface area contributed by atoms with Crippen molar-refractivity contribution >= 4 is 27.5 Å². The lowest BCUT2D eigenvalue weighted by Gasteiger charge is -2.35. The molecule has 4 aromatic rings. The van der Waals surface area contributed by atoms with Crippen molar-refractivity contribution in [2.75, 3.05) is 10.8 Å². The fourth-order valence-corrected chi connectivity index (χ4v) is 6.44. The van der Waals surface area contributed by atoms with Gasteiger partial charge in [-0.25, -0.2) is 8.42 Å². The summed E-state index contributed by atoms with van der Waals surface area (Å²) in [6.45, 7) is 9.15. The highest BCUT2D eigenvalue weighted by Crippen LogP contribution is 2.26. The summed E-state index contributed by atoms with van der Waals surface area (Å²) in [5.74, 6) is -0.796. The normalized spacial score (nSPS) is 12.3. The van der Waals surface area contributed by atoms with E-state index in [2.05, 4.69) is 5.32 Å². The molecule has 0 spiro atoms. The van der Waals surface area contributed by atoms with Crippen LogP contribution < -0.4 is 9.62 Å². The van der Waals surface area contributed by atoms with E-state index in [4.69, 9.17) is 0 Å². The molecular formula is C36H41N3O4S. The second-order valence-electron chi connectivity index (χ2n) is 12.1. The van der Waals surface area contributed by atoms with Gasteiger partial charge in [0.15, 0.2) is 0 Å². The summed E-state index contributed by atoms with van der Waals surface area (Å²) in [6.07, 6.45) is 0.260. The number of hydrogen-bond acceptors (Lipinski definition) is 4. The molecule has 0 fully saturated rings. The van der Waals surface area contributed by atoms with Crippen LogP contribution in [0.4, 0.5) is 5.69 Å². The van der Waals surface area contributed by atoms with Crippen molar-refractivity contribution in [1.29, 1.82) is 0 Å². The summed E-state index contributed by atoms with van der Waals surface area (Å²) in [7, 11) is -4.13. The van der Waals surface area contributed by atoms with E-state index in [1.165, 1.54) is 17.0 Å². The molecule has 8 heteroatoms. The van der Waals surface area contributed by atoms with Gasteiger partial charge in [0.2, 0.25) is 11.8 Å². The van der Waals surface area contributed by atoms with Crippen LogP contribution in [0, 0.1) is 13.8 Å². The van der Waals surface area contributed by atoms with Crippen molar-refractivity contribution < 1.29 is 18.0 Å². The molecule has 0 saturated carbocycles. The number of nitrogens with zero attached hydrogens (tertiary/aromatic N) is 2. The van der Waals surface area contributed by atoms with E-state index >= 15 is 0 Å². The molecule has 7 nitrogen and oxygen atoms in total. The van der Waals surface area contributed by atoms with Gasteiger partial charge in [-0.3, -0.25) is 13.9 Å². The molecule has 1 unspecified atom stereocenters. The predicted molar refractivity (Wildman–Crippen MR) is 176 cm³/mol. The number of hydrogen-bond donors (Lipinski definition) is 1. The molecule has 0 saturated heterocycles. The molecule has 230 valence electrons. The zero-order chi connectivity index (χ0) is 31.9. The standard InChI is InChI=1S/C36H41N3O4S/c1-27-15-14-20-31(23-27)39(44(42,43)32-21-10-7-11-22-32)26-34(40)38(25-30-19-13-12-16-28(30)2)33(35(41)37-36(3,4)5)24-29-17-8-6-9-18-29/h6-23,33H,24-26H2,1-5H3,(H,37,41). The molecular weight excluding hydrogens is 570 g/mol. The zero-order valence-corrected chi connectivity index (χ0v) is 26.8. The van der Waals surface area contributed by atoms with Gasteiger partial charge in [-0.1, -0.05) is 84.9 Å². The summed E-state index contributed by atoms with van der Waals surface area (Å²) < 4.78 is 29.3. The van der Waals surface area contributed by atoms with E-state index in [9.17, 15) is 18.0 Å². The van der Waals surface area contributed by atoms with Crippen LogP contribution in [0.15, 0.2) is 114 Å². The minimum atomic E-state index is -4.13. The zero-order valence-electron chi connectivity index (χ0n) is 26.0. The SMILES string of the molecule is Cc1cccc(N(CC(=O)N(Cc2ccccc2C)C(Cc2ccccc2)C(=O)NC(C)(C)C)S(=O)(=O)c2ccccc2)c1. The average Bonchev–Trinajstić information content (AvgIpc) is 2.98. The molecule has 1 atom stereocenters. The molecule has 0 aliphatic rings. The Kier molecular flexibility index (Phi) is 10.3. The van der Waals surface area contributed by atoms with Crippen molar-refractivity contribution in [1.82, 2.24) is 10.2 Å². The molecule has 4 rings (SSSR count). The van der Waals surface area contributed by atoms with E-state index in [-0.39, 0.29) is 23.8 Å². The van der Waals surface area contributed by atoms with Gasteiger partial charge in [0.1, 0.15) is 12.6 Å². The van der Waals surface area contributed by atoms with Crippen molar-refractivity contribution in [3.05, 3.63) is 131 Å². The molecule has 0 aromatic heterocycles. The second-order valence-corrected chi connectivity index (χ2v) is 13.9. The highest BCUT2D eigenvalue weighted by molar-refractivity contribution is 7.92. The predicted octanol–water partition coefficient (Wildman–Crippen LogP) is 6.05. The van der Waals surface area contributed by atoms with Gasteiger partial charge in [-0.2, -0.15) is 0 Å². The van der Waals surface area contributed by atoms with Crippen LogP contribution in [0.25, 0.3) is 0 Å². The maximum absolute atomic E-state index is 14.5. The minimum absolute atomic E-state index is 0.0751. The Bertz CT molecular complexity index is 1680. The molecule has 0 radical (unpaired) electrons. The number of carbonyl (C=O) groups excluding carboxylic acids is 2. The first-order valence-corrected chi connectivity index (χ1v) is 16.1. The minimum Gasteiger partial charge on any atom is -0.350 e. The number of anilines is 1. The first-order valence-electron chi connectivity index (χ1n) is 14.7. The summed E-state index contributed by atoms with van der Waals surface area (Å²) in [5.41, 5.74) is 3.40. The van der Waals surface area contributed by atoms with Gasteiger partial charge in [0, 0.05) is 18.5 Å². The average molecular weight is 612 g/mol. The van der Waals surface area contributed by atoms with Crippen LogP contribution in [0.2, 0.25) is 0 Å². The van der Waals surface area contributed by atoms with E-state index in [1.54, 1.807) is 36.4 Å². The van der Waals surface area contributed by atoms with Gasteiger partial charge in [0.05, 0.1) is 10.6 Å². The topological polar surface area (TPSA) is 86.8 Å². The third-order valence-electron chi connectivity index (χ3n) is 7.27. The summed E-state index contributed by atoms with van der Waals surface area (Å²) >= 11 is 0. The monoisotopic (exact) mass is 611 g/mol. The Hall–Kier alpha value is -4.43. The first kappa shape index (κ1) is 32.5. The largest absolute Gasteiger partial charge is 0.350 e. The molecule has 1 N–H and O–H groups in total. The van der Waals surface area contributed by atoms with Crippen LogP contribution in [-0.4, -0.2) is 43.3 Å². The lowest BCUT2D eigenvalue weighted by molar-refractivity contribution is -0.140. The smallest absolute Gasteiger partial charge is 0.264 e. The lowest BCUT2D eigenvalue weighted by Crippen LogP contribution is -2.56. The highest BCUT2D eigenvalue weighted by atomic mass is 32.2. The lowest BCUT2D eigenvalue weighted by atomic mass is 10.00. The fourth-order valence-electron chi connectivity index (χ4n) is 5.01. The maximum atomic E-state index is 14.5. The Morgan fingerprint density at radius 2 is 1.41 bits per heavy atom. The van der Waals surface area contributed by atoms with Crippen molar-refractivity contribution in [2.45, 2.75) is 64.1 Å². The fraction of sp³-hybridized carbons (Fsp3) is 0.278. The number of carbonyl (C=O) groups is 2. The third-order valence-corrected chi connectivity index (χ3v) is 9.06. The highest BCUT2D eigenvalue weighted by Gasteiger charge is 2.35. The van der Waals surface area contributed by atoms with E-state index in [0.717, 1.165) is 26.6 Å². The number of rotatable bonds is 11. The maximum Gasteiger partial charge on any atom is 0.264 e. The number of aryl methyl sites for hydroxylation is 2. The Morgan fingerprint density at radius 3 is 2.02 bits per heavy atom. The van der Waals surface area contributed by atoms with Gasteiger partial charge in [0.25, 0.3) is 10.0 Å². The van der Waals surface area contributed by atoms with Crippen molar-refractivity contribution in [3.8, 4) is 0 Å². The van der Waals surface area contributed by atoms with Gasteiger partial charge < -0.3 is 10.2 Å². The summed E-state index contributed by atoms with van der Waals surface area (Å²) in [5, 5.41) is 3.06. The van der Waals surface area contributed by atoms with Crippen molar-refractivity contribution in [3.63, 3.8) is 0 Å². The Balaban J connectivity index is 1.82. The molecule has 0 bridgehead atoms. The van der Waals surface area contributed by atoms with Crippen LogP contribution >= 0.6 is 0 Å². The molecule has 0 heterocycles.